The summed E-state index contributed by atoms with van der Waals surface area (Å²) >= 11 is 0. The van der Waals surface area contributed by atoms with Crippen LogP contribution in [0, 0.1) is 5.41 Å². The number of nitrogens with zero attached hydrogens (tertiary/aromatic N) is 1. The first kappa shape index (κ1) is 14.3. The van der Waals surface area contributed by atoms with Gasteiger partial charge in [-0.3, -0.25) is 5.41 Å². The molecule has 0 aromatic carbocycles. The topological polar surface area (TPSA) is 106 Å². The van der Waals surface area contributed by atoms with Gasteiger partial charge in [0.2, 0.25) is 0 Å². The van der Waals surface area contributed by atoms with Gasteiger partial charge in [0.1, 0.15) is 0 Å². The van der Waals surface area contributed by atoms with Crippen LogP contribution in [0.5, 0.6) is 0 Å². The number of hydrogen-bond acceptors (Lipinski definition) is 5. The number of guanidine groups is 1. The molecule has 1 saturated heterocycles. The van der Waals surface area contributed by atoms with Gasteiger partial charge in [-0.15, -0.1) is 0 Å². The van der Waals surface area contributed by atoms with Crippen molar-refractivity contribution < 1.29 is 19.3 Å². The van der Waals surface area contributed by atoms with Gasteiger partial charge >= 0.3 is 11.9 Å². The Morgan fingerprint density at radius 1 is 0.944 bits per heavy atom. The van der Waals surface area contributed by atoms with Crippen LogP contribution in [0.2, 0.25) is 0 Å². The van der Waals surface area contributed by atoms with Crippen molar-refractivity contribution in [2.45, 2.75) is 51.4 Å². The van der Waals surface area contributed by atoms with Crippen LogP contribution in [0.3, 0.4) is 0 Å². The third kappa shape index (κ3) is 5.51. The minimum Gasteiger partial charge on any atom is -0.365 e. The van der Waals surface area contributed by atoms with Crippen molar-refractivity contribution in [2.24, 2.45) is 5.73 Å². The number of nitrogens with two attached hydrogens (primary N) is 1. The van der Waals surface area contributed by atoms with Crippen molar-refractivity contribution in [3.63, 3.8) is 0 Å². The van der Waals surface area contributed by atoms with Crippen LogP contribution in [0.1, 0.15) is 51.4 Å². The first-order valence-corrected chi connectivity index (χ1v) is 6.15. The number of rotatable bonds is 0. The SMILES string of the molecule is N=C(N)N1OC(=O)CCCCCCCCC(=O)O1. The monoisotopic (exact) mass is 257 g/mol. The molecule has 1 fully saturated rings. The normalized spacial score (nSPS) is 19.9. The number of hydrogen-bond donors (Lipinski definition) is 2. The largest absolute Gasteiger partial charge is 0.365 e. The zero-order valence-electron chi connectivity index (χ0n) is 10.3. The molecule has 0 amide bonds. The number of carbonyl (C=O) groups is 2. The second-order valence-corrected chi connectivity index (χ2v) is 4.19. The molecule has 1 heterocycles. The molecule has 0 spiro atoms. The van der Waals surface area contributed by atoms with E-state index in [4.69, 9.17) is 20.8 Å². The maximum Gasteiger partial charge on any atom is 0.336 e. The lowest BCUT2D eigenvalue weighted by atomic mass is 10.1. The van der Waals surface area contributed by atoms with Crippen molar-refractivity contribution in [3.8, 4) is 0 Å². The second-order valence-electron chi connectivity index (χ2n) is 4.19. The Hall–Kier alpha value is -1.79. The van der Waals surface area contributed by atoms with Crippen molar-refractivity contribution in [1.82, 2.24) is 5.23 Å². The Kier molecular flexibility index (Phi) is 5.96. The molecule has 18 heavy (non-hydrogen) atoms. The lowest BCUT2D eigenvalue weighted by Gasteiger charge is -2.18. The summed E-state index contributed by atoms with van der Waals surface area (Å²) in [7, 11) is 0. The predicted molar refractivity (Wildman–Crippen MR) is 62.9 cm³/mol. The first-order chi connectivity index (χ1) is 8.59. The summed E-state index contributed by atoms with van der Waals surface area (Å²) in [5.41, 5.74) is 5.16. The van der Waals surface area contributed by atoms with E-state index in [-0.39, 0.29) is 12.8 Å². The van der Waals surface area contributed by atoms with Gasteiger partial charge in [-0.2, -0.15) is 0 Å². The van der Waals surface area contributed by atoms with Crippen LogP contribution >= 0.6 is 0 Å². The lowest BCUT2D eigenvalue weighted by Crippen LogP contribution is -2.39. The minimum atomic E-state index is -0.633. The molecule has 102 valence electrons. The molecule has 0 bridgehead atoms. The Morgan fingerprint density at radius 2 is 1.33 bits per heavy atom. The molecule has 0 radical (unpaired) electrons. The minimum absolute atomic E-state index is 0.224. The average molecular weight is 257 g/mol. The number of nitrogens with one attached hydrogen (secondary N) is 1. The fraction of sp³-hybridized carbons (Fsp3) is 0.727. The van der Waals surface area contributed by atoms with Crippen LogP contribution in [0.4, 0.5) is 0 Å². The fourth-order valence-electron chi connectivity index (χ4n) is 1.64. The van der Waals surface area contributed by atoms with Gasteiger partial charge in [-0.1, -0.05) is 25.7 Å². The maximum absolute atomic E-state index is 11.4. The van der Waals surface area contributed by atoms with Crippen molar-refractivity contribution in [2.75, 3.05) is 0 Å². The Bertz CT molecular complexity index is 295. The van der Waals surface area contributed by atoms with E-state index in [2.05, 4.69) is 0 Å². The van der Waals surface area contributed by atoms with Gasteiger partial charge in [0.05, 0.1) is 0 Å². The quantitative estimate of drug-likeness (QED) is 0.499. The summed E-state index contributed by atoms with van der Waals surface area (Å²) in [4.78, 5) is 32.2. The molecule has 0 saturated carbocycles. The molecule has 0 atom stereocenters. The molecule has 7 nitrogen and oxygen atoms in total. The first-order valence-electron chi connectivity index (χ1n) is 6.15. The Labute approximate surface area is 106 Å². The third-order valence-corrected chi connectivity index (χ3v) is 2.58. The molecule has 1 rings (SSSR count). The van der Waals surface area contributed by atoms with E-state index >= 15 is 0 Å². The van der Waals surface area contributed by atoms with Crippen molar-refractivity contribution >= 4 is 17.9 Å². The highest BCUT2D eigenvalue weighted by molar-refractivity contribution is 5.78. The summed E-state index contributed by atoms with van der Waals surface area (Å²) in [5, 5.41) is 7.53. The summed E-state index contributed by atoms with van der Waals surface area (Å²) < 4.78 is 0. The molecule has 1 aliphatic heterocycles. The van der Waals surface area contributed by atoms with Gasteiger partial charge in [0, 0.05) is 18.1 Å². The smallest absolute Gasteiger partial charge is 0.336 e. The molecule has 1 aliphatic rings. The molecular formula is C11H19N3O4. The summed E-state index contributed by atoms with van der Waals surface area (Å²) in [6.07, 6.45) is 5.87. The highest BCUT2D eigenvalue weighted by Crippen LogP contribution is 2.11. The maximum atomic E-state index is 11.4. The average Bonchev–Trinajstić information content (AvgIpc) is 2.32. The van der Waals surface area contributed by atoms with Crippen LogP contribution in [-0.4, -0.2) is 23.1 Å². The molecular weight excluding hydrogens is 238 g/mol. The summed E-state index contributed by atoms with van der Waals surface area (Å²) in [5.74, 6) is -1.75. The molecule has 3 N–H and O–H groups in total. The van der Waals surface area contributed by atoms with E-state index in [1.807, 2.05) is 0 Å². The number of carbonyl (C=O) groups excluding carboxylic acids is 2. The highest BCUT2D eigenvalue weighted by Gasteiger charge is 2.19. The van der Waals surface area contributed by atoms with E-state index in [1.54, 1.807) is 0 Å². The van der Waals surface area contributed by atoms with Gasteiger partial charge in [-0.25, -0.2) is 9.59 Å². The second kappa shape index (κ2) is 7.52. The Balaban J connectivity index is 2.58. The molecule has 0 aromatic rings. The van der Waals surface area contributed by atoms with E-state index in [0.29, 0.717) is 5.23 Å². The van der Waals surface area contributed by atoms with E-state index < -0.39 is 17.9 Å². The van der Waals surface area contributed by atoms with Crippen LogP contribution < -0.4 is 5.73 Å². The van der Waals surface area contributed by atoms with Crippen molar-refractivity contribution in [1.29, 1.82) is 5.41 Å². The van der Waals surface area contributed by atoms with E-state index in [0.717, 1.165) is 38.5 Å². The van der Waals surface area contributed by atoms with Gasteiger partial charge in [-0.05, 0) is 12.8 Å². The summed E-state index contributed by atoms with van der Waals surface area (Å²) in [6.45, 7) is 0. The molecule has 7 heteroatoms. The van der Waals surface area contributed by atoms with Gasteiger partial charge < -0.3 is 15.4 Å². The van der Waals surface area contributed by atoms with E-state index in [9.17, 15) is 9.59 Å². The zero-order chi connectivity index (χ0) is 13.4. The summed E-state index contributed by atoms with van der Waals surface area (Å²) in [6, 6.07) is 0. The van der Waals surface area contributed by atoms with Crippen molar-refractivity contribution in [3.05, 3.63) is 0 Å². The molecule has 0 aromatic heterocycles. The Morgan fingerprint density at radius 3 is 1.72 bits per heavy atom. The van der Waals surface area contributed by atoms with Crippen LogP contribution in [0.15, 0.2) is 0 Å². The highest BCUT2D eigenvalue weighted by atomic mass is 17.0. The van der Waals surface area contributed by atoms with E-state index in [1.165, 1.54) is 0 Å². The van der Waals surface area contributed by atoms with Gasteiger partial charge in [0.15, 0.2) is 0 Å². The molecule has 0 aliphatic carbocycles. The predicted octanol–water partition coefficient (Wildman–Crippen LogP) is 1.23. The standard InChI is InChI=1S/C11H19N3O4/c12-11(13)14-17-9(15)7-5-3-1-2-4-6-8-10(16)18-14/h1-8H2,(H3,12,13). The zero-order valence-corrected chi connectivity index (χ0v) is 10.3. The third-order valence-electron chi connectivity index (χ3n) is 2.58. The van der Waals surface area contributed by atoms with Gasteiger partial charge in [0.25, 0.3) is 5.96 Å². The number of hydroxylamine groups is 2. The lowest BCUT2D eigenvalue weighted by molar-refractivity contribution is -0.283. The van der Waals surface area contributed by atoms with Crippen LogP contribution in [0.25, 0.3) is 0 Å². The molecule has 0 unspecified atom stereocenters. The van der Waals surface area contributed by atoms with Crippen LogP contribution in [-0.2, 0) is 19.3 Å². The fourth-order valence-corrected chi connectivity index (χ4v) is 1.64.